The van der Waals surface area contributed by atoms with Crippen LogP contribution in [0.1, 0.15) is 53.9 Å². The second kappa shape index (κ2) is 5.30. The highest BCUT2D eigenvalue weighted by Gasteiger charge is 2.18. The maximum atomic E-state index is 13.7. The van der Waals surface area contributed by atoms with Crippen LogP contribution in [0.25, 0.3) is 0 Å². The van der Waals surface area contributed by atoms with E-state index in [2.05, 4.69) is 4.74 Å². The number of methoxy groups -OCH3 is 1. The van der Waals surface area contributed by atoms with Crippen molar-refractivity contribution >= 4 is 5.97 Å². The Bertz CT molecular complexity index is 409. The first-order valence-electron chi connectivity index (χ1n) is 6.10. The minimum atomic E-state index is -0.613. The SMILES string of the molecule is COC(=O)c1ccc(C2CCCCC2)cc1F. The first-order valence-corrected chi connectivity index (χ1v) is 6.10. The van der Waals surface area contributed by atoms with Crippen molar-refractivity contribution in [3.8, 4) is 0 Å². The molecule has 0 saturated heterocycles. The lowest BCUT2D eigenvalue weighted by Gasteiger charge is -2.22. The van der Waals surface area contributed by atoms with Crippen LogP contribution in [0.2, 0.25) is 0 Å². The number of hydrogen-bond donors (Lipinski definition) is 0. The molecular weight excluding hydrogens is 219 g/mol. The summed E-state index contributed by atoms with van der Waals surface area (Å²) in [6, 6.07) is 4.87. The van der Waals surface area contributed by atoms with Crippen molar-refractivity contribution in [1.29, 1.82) is 0 Å². The van der Waals surface area contributed by atoms with Gasteiger partial charge in [0.05, 0.1) is 12.7 Å². The van der Waals surface area contributed by atoms with Crippen LogP contribution in [0.15, 0.2) is 18.2 Å². The second-order valence-corrected chi connectivity index (χ2v) is 4.57. The molecule has 0 amide bonds. The molecule has 0 radical (unpaired) electrons. The van der Waals surface area contributed by atoms with Gasteiger partial charge in [0.15, 0.2) is 0 Å². The van der Waals surface area contributed by atoms with E-state index in [1.54, 1.807) is 0 Å². The van der Waals surface area contributed by atoms with Gasteiger partial charge in [-0.3, -0.25) is 0 Å². The molecule has 1 fully saturated rings. The van der Waals surface area contributed by atoms with Crippen LogP contribution in [0.4, 0.5) is 4.39 Å². The van der Waals surface area contributed by atoms with Crippen molar-refractivity contribution in [2.45, 2.75) is 38.0 Å². The summed E-state index contributed by atoms with van der Waals surface area (Å²) in [4.78, 5) is 11.3. The van der Waals surface area contributed by atoms with Crippen LogP contribution in [-0.4, -0.2) is 13.1 Å². The summed E-state index contributed by atoms with van der Waals surface area (Å²) in [6.07, 6.45) is 5.95. The third kappa shape index (κ3) is 2.65. The predicted octanol–water partition coefficient (Wildman–Crippen LogP) is 3.66. The van der Waals surface area contributed by atoms with Gasteiger partial charge in [0.25, 0.3) is 0 Å². The van der Waals surface area contributed by atoms with E-state index in [1.165, 1.54) is 38.5 Å². The zero-order chi connectivity index (χ0) is 12.3. The maximum absolute atomic E-state index is 13.7. The van der Waals surface area contributed by atoms with Gasteiger partial charge in [0.2, 0.25) is 0 Å². The van der Waals surface area contributed by atoms with Gasteiger partial charge >= 0.3 is 5.97 Å². The van der Waals surface area contributed by atoms with E-state index in [9.17, 15) is 9.18 Å². The Morgan fingerprint density at radius 1 is 1.29 bits per heavy atom. The minimum absolute atomic E-state index is 0.0204. The van der Waals surface area contributed by atoms with Gasteiger partial charge in [-0.25, -0.2) is 9.18 Å². The van der Waals surface area contributed by atoms with E-state index >= 15 is 0 Å². The van der Waals surface area contributed by atoms with Gasteiger partial charge in [-0.2, -0.15) is 0 Å². The summed E-state index contributed by atoms with van der Waals surface area (Å²) < 4.78 is 18.3. The van der Waals surface area contributed by atoms with Crippen molar-refractivity contribution < 1.29 is 13.9 Å². The van der Waals surface area contributed by atoms with Gasteiger partial charge in [-0.05, 0) is 36.5 Å². The van der Waals surface area contributed by atoms with Crippen molar-refractivity contribution in [2.24, 2.45) is 0 Å². The summed E-state index contributed by atoms with van der Waals surface area (Å²) in [7, 11) is 1.26. The smallest absolute Gasteiger partial charge is 0.340 e. The number of rotatable bonds is 2. The van der Waals surface area contributed by atoms with Crippen molar-refractivity contribution in [3.63, 3.8) is 0 Å². The molecule has 1 aromatic rings. The Labute approximate surface area is 101 Å². The molecule has 0 aliphatic heterocycles. The molecule has 0 atom stereocenters. The molecule has 3 heteroatoms. The fourth-order valence-electron chi connectivity index (χ4n) is 2.50. The van der Waals surface area contributed by atoms with Gasteiger partial charge in [0, 0.05) is 0 Å². The molecule has 0 heterocycles. The van der Waals surface area contributed by atoms with Crippen molar-refractivity contribution in [1.82, 2.24) is 0 Å². The monoisotopic (exact) mass is 236 g/mol. The van der Waals surface area contributed by atoms with Crippen LogP contribution in [0.5, 0.6) is 0 Å². The number of ether oxygens (including phenoxy) is 1. The molecule has 0 N–H and O–H groups in total. The van der Waals surface area contributed by atoms with E-state index in [0.29, 0.717) is 5.92 Å². The average Bonchev–Trinajstić information content (AvgIpc) is 2.39. The summed E-state index contributed by atoms with van der Waals surface area (Å²) in [5.74, 6) is -0.637. The van der Waals surface area contributed by atoms with Crippen molar-refractivity contribution in [2.75, 3.05) is 7.11 Å². The van der Waals surface area contributed by atoms with Crippen LogP contribution in [0, 0.1) is 5.82 Å². The zero-order valence-corrected chi connectivity index (χ0v) is 10.0. The number of hydrogen-bond acceptors (Lipinski definition) is 2. The Hall–Kier alpha value is -1.38. The van der Waals surface area contributed by atoms with Crippen LogP contribution < -0.4 is 0 Å². The summed E-state index contributed by atoms with van der Waals surface area (Å²) in [5.41, 5.74) is 1.03. The molecule has 1 aliphatic carbocycles. The molecule has 17 heavy (non-hydrogen) atoms. The third-order valence-electron chi connectivity index (χ3n) is 3.48. The second-order valence-electron chi connectivity index (χ2n) is 4.57. The Balaban J connectivity index is 2.20. The van der Waals surface area contributed by atoms with E-state index < -0.39 is 11.8 Å². The fourth-order valence-corrected chi connectivity index (χ4v) is 2.50. The molecule has 1 aromatic carbocycles. The molecule has 92 valence electrons. The summed E-state index contributed by atoms with van der Waals surface area (Å²) in [5, 5.41) is 0. The summed E-state index contributed by atoms with van der Waals surface area (Å²) in [6.45, 7) is 0. The minimum Gasteiger partial charge on any atom is -0.465 e. The quantitative estimate of drug-likeness (QED) is 0.732. The maximum Gasteiger partial charge on any atom is 0.340 e. The van der Waals surface area contributed by atoms with Gasteiger partial charge in [-0.1, -0.05) is 25.3 Å². The highest BCUT2D eigenvalue weighted by atomic mass is 19.1. The average molecular weight is 236 g/mol. The van der Waals surface area contributed by atoms with E-state index in [-0.39, 0.29) is 5.56 Å². The predicted molar refractivity (Wildman–Crippen MR) is 63.6 cm³/mol. The summed E-state index contributed by atoms with van der Waals surface area (Å²) >= 11 is 0. The number of carbonyl (C=O) groups excluding carboxylic acids is 1. The van der Waals surface area contributed by atoms with Gasteiger partial charge < -0.3 is 4.74 Å². The number of carbonyl (C=O) groups is 1. The Kier molecular flexibility index (Phi) is 3.77. The molecule has 2 nitrogen and oxygen atoms in total. The van der Waals surface area contributed by atoms with Crippen LogP contribution in [-0.2, 0) is 4.74 Å². The lowest BCUT2D eigenvalue weighted by molar-refractivity contribution is 0.0595. The Morgan fingerprint density at radius 2 is 2.00 bits per heavy atom. The first-order chi connectivity index (χ1) is 8.22. The molecule has 0 spiro atoms. The van der Waals surface area contributed by atoms with E-state index in [1.807, 2.05) is 6.07 Å². The molecule has 0 bridgehead atoms. The highest BCUT2D eigenvalue weighted by molar-refractivity contribution is 5.89. The van der Waals surface area contributed by atoms with Crippen molar-refractivity contribution in [3.05, 3.63) is 35.1 Å². The molecule has 0 aromatic heterocycles. The Morgan fingerprint density at radius 3 is 2.59 bits per heavy atom. The molecule has 1 saturated carbocycles. The normalized spacial score (nSPS) is 16.8. The number of esters is 1. The van der Waals surface area contributed by atoms with Gasteiger partial charge in [0.1, 0.15) is 5.82 Å². The number of halogens is 1. The van der Waals surface area contributed by atoms with Crippen LogP contribution >= 0.6 is 0 Å². The highest BCUT2D eigenvalue weighted by Crippen LogP contribution is 2.33. The van der Waals surface area contributed by atoms with Gasteiger partial charge in [-0.15, -0.1) is 0 Å². The zero-order valence-electron chi connectivity index (χ0n) is 10.0. The number of benzene rings is 1. The molecule has 2 rings (SSSR count). The molecular formula is C14H17FO2. The fraction of sp³-hybridized carbons (Fsp3) is 0.500. The van der Waals surface area contributed by atoms with E-state index in [4.69, 9.17) is 0 Å². The lowest BCUT2D eigenvalue weighted by Crippen LogP contribution is -2.08. The largest absolute Gasteiger partial charge is 0.465 e. The molecule has 1 aliphatic rings. The topological polar surface area (TPSA) is 26.3 Å². The lowest BCUT2D eigenvalue weighted by atomic mass is 9.84. The first kappa shape index (κ1) is 12.1. The standard InChI is InChI=1S/C14H17FO2/c1-17-14(16)12-8-7-11(9-13(12)15)10-5-3-2-4-6-10/h7-10H,2-6H2,1H3. The third-order valence-corrected chi connectivity index (χ3v) is 3.48. The van der Waals surface area contributed by atoms with Crippen LogP contribution in [0.3, 0.4) is 0 Å². The molecule has 0 unspecified atom stereocenters. The van der Waals surface area contributed by atoms with E-state index in [0.717, 1.165) is 18.4 Å².